The van der Waals surface area contributed by atoms with E-state index < -0.39 is 24.0 Å². The van der Waals surface area contributed by atoms with E-state index in [0.717, 1.165) is 11.1 Å². The molecule has 1 amide bonds. The van der Waals surface area contributed by atoms with Crippen molar-refractivity contribution in [3.05, 3.63) is 82.2 Å². The number of esters is 1. The van der Waals surface area contributed by atoms with Crippen molar-refractivity contribution in [2.75, 3.05) is 13.7 Å². The van der Waals surface area contributed by atoms with Crippen LogP contribution in [0.4, 0.5) is 0 Å². The SMILES string of the molecule is COC(=O)[C@H]1C[C@H](N=[N+]=[N-])CN1C(=O)C(c1ccccc1)c1ccccc1. The molecule has 2 aromatic rings. The van der Waals surface area contributed by atoms with Crippen LogP contribution in [0.25, 0.3) is 10.4 Å². The van der Waals surface area contributed by atoms with Gasteiger partial charge in [0.15, 0.2) is 0 Å². The average molecular weight is 364 g/mol. The van der Waals surface area contributed by atoms with Crippen molar-refractivity contribution in [2.45, 2.75) is 24.4 Å². The first-order chi connectivity index (χ1) is 13.2. The lowest BCUT2D eigenvalue weighted by Crippen LogP contribution is -2.43. The van der Waals surface area contributed by atoms with Crippen LogP contribution >= 0.6 is 0 Å². The maximum absolute atomic E-state index is 13.5. The molecule has 2 atom stereocenters. The predicted octanol–water partition coefficient (Wildman–Crippen LogP) is 3.27. The number of hydrogen-bond donors (Lipinski definition) is 0. The lowest BCUT2D eigenvalue weighted by atomic mass is 9.90. The molecule has 1 heterocycles. The molecule has 1 fully saturated rings. The number of rotatable bonds is 5. The summed E-state index contributed by atoms with van der Waals surface area (Å²) in [6.45, 7) is 0.193. The second kappa shape index (κ2) is 8.38. The van der Waals surface area contributed by atoms with Gasteiger partial charge in [0.25, 0.3) is 0 Å². The molecular formula is C20H20N4O3. The van der Waals surface area contributed by atoms with E-state index in [1.165, 1.54) is 12.0 Å². The predicted molar refractivity (Wildman–Crippen MR) is 99.8 cm³/mol. The molecule has 0 unspecified atom stereocenters. The van der Waals surface area contributed by atoms with Crippen molar-refractivity contribution in [2.24, 2.45) is 5.11 Å². The summed E-state index contributed by atoms with van der Waals surface area (Å²) in [7, 11) is 1.29. The number of hydrogen-bond acceptors (Lipinski definition) is 4. The fourth-order valence-corrected chi connectivity index (χ4v) is 3.51. The number of azide groups is 1. The van der Waals surface area contributed by atoms with Gasteiger partial charge in [0.2, 0.25) is 5.91 Å². The van der Waals surface area contributed by atoms with Crippen molar-refractivity contribution in [3.8, 4) is 0 Å². The number of benzene rings is 2. The van der Waals surface area contributed by atoms with Crippen LogP contribution in [0.2, 0.25) is 0 Å². The lowest BCUT2D eigenvalue weighted by Gasteiger charge is -2.28. The summed E-state index contributed by atoms with van der Waals surface area (Å²) in [5.74, 6) is -1.26. The van der Waals surface area contributed by atoms with Crippen LogP contribution in [0, 0.1) is 0 Å². The molecule has 7 nitrogen and oxygen atoms in total. The normalized spacial score (nSPS) is 18.8. The van der Waals surface area contributed by atoms with Gasteiger partial charge in [0.05, 0.1) is 19.1 Å². The molecule has 0 aromatic heterocycles. The molecule has 7 heteroatoms. The lowest BCUT2D eigenvalue weighted by molar-refractivity contribution is -0.151. The van der Waals surface area contributed by atoms with Crippen LogP contribution < -0.4 is 0 Å². The second-order valence-electron chi connectivity index (χ2n) is 6.38. The van der Waals surface area contributed by atoms with Crippen LogP contribution in [-0.2, 0) is 14.3 Å². The Kier molecular flexibility index (Phi) is 5.74. The molecule has 0 N–H and O–H groups in total. The van der Waals surface area contributed by atoms with Gasteiger partial charge in [-0.05, 0) is 23.1 Å². The fourth-order valence-electron chi connectivity index (χ4n) is 3.51. The molecule has 2 aromatic carbocycles. The van der Waals surface area contributed by atoms with Crippen LogP contribution in [-0.4, -0.2) is 42.5 Å². The molecule has 138 valence electrons. The third-order valence-electron chi connectivity index (χ3n) is 4.76. The number of carbonyl (C=O) groups is 2. The minimum atomic E-state index is -0.757. The first-order valence-electron chi connectivity index (χ1n) is 8.68. The van der Waals surface area contributed by atoms with Gasteiger partial charge in [-0.3, -0.25) is 4.79 Å². The summed E-state index contributed by atoms with van der Waals surface area (Å²) in [5, 5.41) is 3.71. The monoisotopic (exact) mass is 364 g/mol. The Morgan fingerprint density at radius 3 is 2.15 bits per heavy atom. The van der Waals surface area contributed by atoms with Crippen molar-refractivity contribution < 1.29 is 14.3 Å². The number of ether oxygens (including phenoxy) is 1. The van der Waals surface area contributed by atoms with Crippen LogP contribution in [0.15, 0.2) is 65.8 Å². The number of nitrogens with zero attached hydrogens (tertiary/aromatic N) is 4. The van der Waals surface area contributed by atoms with E-state index >= 15 is 0 Å². The van der Waals surface area contributed by atoms with Gasteiger partial charge in [-0.1, -0.05) is 65.8 Å². The largest absolute Gasteiger partial charge is 0.467 e. The van der Waals surface area contributed by atoms with Crippen LogP contribution in [0.3, 0.4) is 0 Å². The van der Waals surface area contributed by atoms with E-state index in [-0.39, 0.29) is 18.9 Å². The van der Waals surface area contributed by atoms with Gasteiger partial charge < -0.3 is 9.64 Å². The summed E-state index contributed by atoms with van der Waals surface area (Å²) in [4.78, 5) is 30.0. The van der Waals surface area contributed by atoms with Crippen molar-refractivity contribution in [3.63, 3.8) is 0 Å². The Balaban J connectivity index is 2.00. The summed E-state index contributed by atoms with van der Waals surface area (Å²) in [6, 6.07) is 17.7. The Morgan fingerprint density at radius 1 is 1.11 bits per heavy atom. The van der Waals surface area contributed by atoms with E-state index in [4.69, 9.17) is 10.3 Å². The standard InChI is InChI=1S/C20H20N4O3/c1-27-20(26)17-12-16(22-23-21)13-24(17)19(25)18(14-8-4-2-5-9-14)15-10-6-3-7-11-15/h2-11,16-18H,12-13H2,1H3/t16-,17+/m0/s1. The first-order valence-corrected chi connectivity index (χ1v) is 8.68. The Hall–Kier alpha value is -3.31. The van der Waals surface area contributed by atoms with E-state index in [1.807, 2.05) is 60.7 Å². The molecule has 0 radical (unpaired) electrons. The third-order valence-corrected chi connectivity index (χ3v) is 4.76. The summed E-state index contributed by atoms with van der Waals surface area (Å²) < 4.78 is 4.86. The zero-order chi connectivity index (χ0) is 19.2. The summed E-state index contributed by atoms with van der Waals surface area (Å²) in [5.41, 5.74) is 10.4. The highest BCUT2D eigenvalue weighted by atomic mass is 16.5. The Bertz CT molecular complexity index is 811. The third kappa shape index (κ3) is 3.93. The summed E-state index contributed by atoms with van der Waals surface area (Å²) >= 11 is 0. The van der Waals surface area contributed by atoms with Gasteiger partial charge in [-0.2, -0.15) is 0 Å². The van der Waals surface area contributed by atoms with Gasteiger partial charge in [-0.15, -0.1) is 0 Å². The number of likely N-dealkylation sites (tertiary alicyclic amines) is 1. The molecule has 0 aliphatic carbocycles. The average Bonchev–Trinajstić information content (AvgIpc) is 3.13. The topological polar surface area (TPSA) is 95.4 Å². The molecule has 1 saturated heterocycles. The molecule has 1 aliphatic rings. The zero-order valence-electron chi connectivity index (χ0n) is 14.9. The van der Waals surface area contributed by atoms with E-state index in [9.17, 15) is 9.59 Å². The maximum Gasteiger partial charge on any atom is 0.328 e. The summed E-state index contributed by atoms with van der Waals surface area (Å²) in [6.07, 6.45) is 0.263. The van der Waals surface area contributed by atoms with Crippen molar-refractivity contribution in [1.82, 2.24) is 4.90 Å². The molecule has 1 aliphatic heterocycles. The molecule has 0 spiro atoms. The highest BCUT2D eigenvalue weighted by Crippen LogP contribution is 2.31. The Morgan fingerprint density at radius 2 is 1.67 bits per heavy atom. The van der Waals surface area contributed by atoms with E-state index in [2.05, 4.69) is 10.0 Å². The van der Waals surface area contributed by atoms with Gasteiger partial charge in [0.1, 0.15) is 6.04 Å². The van der Waals surface area contributed by atoms with Gasteiger partial charge >= 0.3 is 5.97 Å². The molecule has 0 saturated carbocycles. The Labute approximate surface area is 157 Å². The van der Waals surface area contributed by atoms with E-state index in [1.54, 1.807) is 0 Å². The van der Waals surface area contributed by atoms with Gasteiger partial charge in [-0.25, -0.2) is 4.79 Å². The molecule has 27 heavy (non-hydrogen) atoms. The molecule has 0 bridgehead atoms. The van der Waals surface area contributed by atoms with Crippen molar-refractivity contribution in [1.29, 1.82) is 0 Å². The molecule has 3 rings (SSSR count). The number of methoxy groups -OCH3 is 1. The number of amides is 1. The first kappa shape index (κ1) is 18.5. The second-order valence-corrected chi connectivity index (χ2v) is 6.38. The maximum atomic E-state index is 13.5. The molecular weight excluding hydrogens is 344 g/mol. The number of carbonyl (C=O) groups excluding carboxylic acids is 2. The minimum Gasteiger partial charge on any atom is -0.467 e. The fraction of sp³-hybridized carbons (Fsp3) is 0.300. The van der Waals surface area contributed by atoms with Gasteiger partial charge in [0, 0.05) is 11.5 Å². The van der Waals surface area contributed by atoms with Crippen LogP contribution in [0.1, 0.15) is 23.5 Å². The zero-order valence-corrected chi connectivity index (χ0v) is 14.9. The van der Waals surface area contributed by atoms with Crippen molar-refractivity contribution >= 4 is 11.9 Å². The highest BCUT2D eigenvalue weighted by Gasteiger charge is 2.42. The van der Waals surface area contributed by atoms with Crippen LogP contribution in [0.5, 0.6) is 0 Å². The smallest absolute Gasteiger partial charge is 0.328 e. The quantitative estimate of drug-likeness (QED) is 0.352. The van der Waals surface area contributed by atoms with E-state index in [0.29, 0.717) is 0 Å². The highest BCUT2D eigenvalue weighted by molar-refractivity contribution is 5.91. The minimum absolute atomic E-state index is 0.193.